The molecule has 1 aliphatic rings. The third kappa shape index (κ3) is 4.40. The molecule has 0 saturated carbocycles. The number of nitrogens with zero attached hydrogens (tertiary/aromatic N) is 1. The van der Waals surface area contributed by atoms with Crippen LogP contribution in [0, 0.1) is 0 Å². The Morgan fingerprint density at radius 1 is 1.19 bits per heavy atom. The molecular formula is C19H22N2O3S2. The molecule has 1 N–H and O–H groups in total. The van der Waals surface area contributed by atoms with E-state index in [0.717, 1.165) is 23.4 Å². The van der Waals surface area contributed by atoms with E-state index in [9.17, 15) is 13.2 Å². The molecule has 0 bridgehead atoms. The molecule has 138 valence electrons. The van der Waals surface area contributed by atoms with Crippen LogP contribution in [0.25, 0.3) is 0 Å². The summed E-state index contributed by atoms with van der Waals surface area (Å²) in [6, 6.07) is 15.2. The molecule has 0 saturated heterocycles. The normalized spacial score (nSPS) is 16.4. The van der Waals surface area contributed by atoms with Crippen LogP contribution < -0.4 is 10.2 Å². The van der Waals surface area contributed by atoms with Crippen molar-refractivity contribution in [1.82, 2.24) is 5.32 Å². The lowest BCUT2D eigenvalue weighted by Gasteiger charge is -2.22. The van der Waals surface area contributed by atoms with Crippen LogP contribution in [0.15, 0.2) is 58.3 Å². The number of carbonyl (C=O) groups excluding carboxylic acids is 1. The number of rotatable bonds is 6. The number of sulfone groups is 1. The van der Waals surface area contributed by atoms with Crippen molar-refractivity contribution < 1.29 is 13.2 Å². The first-order valence-electron chi connectivity index (χ1n) is 8.41. The van der Waals surface area contributed by atoms with Crippen molar-refractivity contribution in [3.63, 3.8) is 0 Å². The maximum absolute atomic E-state index is 12.3. The number of amides is 1. The van der Waals surface area contributed by atoms with Crippen LogP contribution in [0.5, 0.6) is 0 Å². The molecule has 5 nitrogen and oxygen atoms in total. The summed E-state index contributed by atoms with van der Waals surface area (Å²) in [5.74, 6) is 0.00132. The van der Waals surface area contributed by atoms with Crippen LogP contribution in [0.2, 0.25) is 0 Å². The highest BCUT2D eigenvalue weighted by Gasteiger charge is 2.29. The number of thioether (sulfide) groups is 1. The van der Waals surface area contributed by atoms with Crippen molar-refractivity contribution in [2.45, 2.75) is 34.6 Å². The fourth-order valence-corrected chi connectivity index (χ4v) is 4.82. The average molecular weight is 391 g/mol. The highest BCUT2D eigenvalue weighted by atomic mass is 32.2. The van der Waals surface area contributed by atoms with Gasteiger partial charge in [0.05, 0.1) is 10.6 Å². The second-order valence-electron chi connectivity index (χ2n) is 6.39. The van der Waals surface area contributed by atoms with Crippen molar-refractivity contribution in [3.05, 3.63) is 54.1 Å². The van der Waals surface area contributed by atoms with E-state index in [-0.39, 0.29) is 11.4 Å². The summed E-state index contributed by atoms with van der Waals surface area (Å²) in [6.45, 7) is 0. The summed E-state index contributed by atoms with van der Waals surface area (Å²) in [5.41, 5.74) is 1.94. The molecule has 0 radical (unpaired) electrons. The summed E-state index contributed by atoms with van der Waals surface area (Å²) in [5, 5.41) is 3.02. The van der Waals surface area contributed by atoms with Gasteiger partial charge in [0.2, 0.25) is 5.91 Å². The lowest BCUT2D eigenvalue weighted by atomic mass is 10.1. The van der Waals surface area contributed by atoms with Crippen LogP contribution in [-0.2, 0) is 21.1 Å². The molecule has 1 amide bonds. The molecule has 0 fully saturated rings. The standard InChI is InChI=1S/C19H22N2O3S2/c1-21-16-12-11-15(26(2,23)24)13-17(16)25-19(21)20-18(22)10-6-9-14-7-4-3-5-8-14/h3-5,7-8,11-13,19H,6,9-10H2,1-2H3,(H,20,22). The van der Waals surface area contributed by atoms with E-state index in [1.807, 2.05) is 30.1 Å². The van der Waals surface area contributed by atoms with E-state index >= 15 is 0 Å². The zero-order valence-corrected chi connectivity index (χ0v) is 16.4. The molecule has 3 rings (SSSR count). The van der Waals surface area contributed by atoms with Crippen molar-refractivity contribution in [2.75, 3.05) is 18.2 Å². The Balaban J connectivity index is 1.56. The highest BCUT2D eigenvalue weighted by Crippen LogP contribution is 2.42. The summed E-state index contributed by atoms with van der Waals surface area (Å²) in [7, 11) is -1.34. The molecule has 26 heavy (non-hydrogen) atoms. The van der Waals surface area contributed by atoms with Crippen molar-refractivity contribution >= 4 is 33.2 Å². The van der Waals surface area contributed by atoms with E-state index in [1.165, 1.54) is 23.6 Å². The quantitative estimate of drug-likeness (QED) is 0.821. The van der Waals surface area contributed by atoms with Gasteiger partial charge in [0.1, 0.15) is 0 Å². The minimum Gasteiger partial charge on any atom is -0.345 e. The molecular weight excluding hydrogens is 368 g/mol. The third-order valence-corrected chi connectivity index (χ3v) is 6.67. The van der Waals surface area contributed by atoms with E-state index in [2.05, 4.69) is 17.4 Å². The van der Waals surface area contributed by atoms with Gasteiger partial charge < -0.3 is 10.2 Å². The second kappa shape index (κ2) is 7.72. The Hall–Kier alpha value is -1.99. The smallest absolute Gasteiger partial charge is 0.222 e. The van der Waals surface area contributed by atoms with Crippen LogP contribution in [0.4, 0.5) is 5.69 Å². The fraction of sp³-hybridized carbons (Fsp3) is 0.316. The van der Waals surface area contributed by atoms with E-state index in [1.54, 1.807) is 18.2 Å². The zero-order valence-electron chi connectivity index (χ0n) is 14.8. The minimum absolute atomic E-state index is 0.00132. The van der Waals surface area contributed by atoms with Crippen LogP contribution in [0.3, 0.4) is 0 Å². The molecule has 2 aromatic carbocycles. The SMILES string of the molecule is CN1c2ccc(S(C)(=O)=O)cc2SC1NC(=O)CCCc1ccccc1. The summed E-state index contributed by atoms with van der Waals surface area (Å²) < 4.78 is 23.4. The number of hydrogen-bond acceptors (Lipinski definition) is 5. The number of benzene rings is 2. The Morgan fingerprint density at radius 3 is 2.62 bits per heavy atom. The van der Waals surface area contributed by atoms with E-state index in [0.29, 0.717) is 11.3 Å². The molecule has 1 atom stereocenters. The third-order valence-electron chi connectivity index (χ3n) is 4.33. The predicted octanol–water partition coefficient (Wildman–Crippen LogP) is 3.05. The van der Waals surface area contributed by atoms with Gasteiger partial charge in [-0.05, 0) is 36.6 Å². The topological polar surface area (TPSA) is 66.5 Å². The lowest BCUT2D eigenvalue weighted by Crippen LogP contribution is -2.41. The largest absolute Gasteiger partial charge is 0.345 e. The number of anilines is 1. The Labute approximate surface area is 158 Å². The first kappa shape index (κ1) is 18.8. The molecule has 2 aromatic rings. The van der Waals surface area contributed by atoms with Crippen LogP contribution in [0.1, 0.15) is 18.4 Å². The minimum atomic E-state index is -3.24. The molecule has 0 aromatic heterocycles. The maximum Gasteiger partial charge on any atom is 0.222 e. The van der Waals surface area contributed by atoms with Crippen molar-refractivity contribution in [1.29, 1.82) is 0 Å². The number of nitrogens with one attached hydrogen (secondary N) is 1. The first-order chi connectivity index (χ1) is 12.3. The van der Waals surface area contributed by atoms with Gasteiger partial charge in [0, 0.05) is 24.6 Å². The maximum atomic E-state index is 12.3. The lowest BCUT2D eigenvalue weighted by molar-refractivity contribution is -0.121. The van der Waals surface area contributed by atoms with E-state index < -0.39 is 9.84 Å². The van der Waals surface area contributed by atoms with Gasteiger partial charge in [-0.3, -0.25) is 4.79 Å². The fourth-order valence-electron chi connectivity index (χ4n) is 2.87. The van der Waals surface area contributed by atoms with Gasteiger partial charge >= 0.3 is 0 Å². The highest BCUT2D eigenvalue weighted by molar-refractivity contribution is 8.00. The average Bonchev–Trinajstić information content (AvgIpc) is 2.90. The summed E-state index contributed by atoms with van der Waals surface area (Å²) >= 11 is 1.46. The summed E-state index contributed by atoms with van der Waals surface area (Å²) in [6.07, 6.45) is 3.33. The number of hydrogen-bond donors (Lipinski definition) is 1. The Bertz CT molecular complexity index is 898. The van der Waals surface area contributed by atoms with Gasteiger partial charge in [0.25, 0.3) is 0 Å². The number of carbonyl (C=O) groups is 1. The molecule has 7 heteroatoms. The van der Waals surface area contributed by atoms with Crippen LogP contribution >= 0.6 is 11.8 Å². The first-order valence-corrected chi connectivity index (χ1v) is 11.2. The van der Waals surface area contributed by atoms with Gasteiger partial charge in [-0.2, -0.15) is 0 Å². The molecule has 0 spiro atoms. The van der Waals surface area contributed by atoms with Gasteiger partial charge in [-0.1, -0.05) is 42.1 Å². The predicted molar refractivity (Wildman–Crippen MR) is 105 cm³/mol. The van der Waals surface area contributed by atoms with Gasteiger partial charge in [-0.15, -0.1) is 0 Å². The Kier molecular flexibility index (Phi) is 5.58. The zero-order chi connectivity index (χ0) is 18.7. The van der Waals surface area contributed by atoms with Gasteiger partial charge in [0.15, 0.2) is 15.3 Å². The number of aryl methyl sites for hydroxylation is 1. The van der Waals surface area contributed by atoms with E-state index in [4.69, 9.17) is 0 Å². The van der Waals surface area contributed by atoms with Crippen molar-refractivity contribution in [3.8, 4) is 0 Å². The second-order valence-corrected chi connectivity index (χ2v) is 9.53. The molecule has 1 heterocycles. The summed E-state index contributed by atoms with van der Waals surface area (Å²) in [4.78, 5) is 15.4. The molecule has 1 unspecified atom stereocenters. The monoisotopic (exact) mass is 390 g/mol. The van der Waals surface area contributed by atoms with Gasteiger partial charge in [-0.25, -0.2) is 8.42 Å². The van der Waals surface area contributed by atoms with Crippen molar-refractivity contribution in [2.24, 2.45) is 0 Å². The molecule has 1 aliphatic heterocycles. The number of fused-ring (bicyclic) bond motifs is 1. The Morgan fingerprint density at radius 2 is 1.92 bits per heavy atom. The molecule has 0 aliphatic carbocycles. The van der Waals surface area contributed by atoms with Crippen LogP contribution in [-0.4, -0.2) is 33.1 Å².